The fraction of sp³-hybridized carbons (Fsp3) is 0.752. The van der Waals surface area contributed by atoms with Gasteiger partial charge in [-0.05, 0) is 230 Å². The van der Waals surface area contributed by atoms with E-state index in [1.165, 1.54) is 79.6 Å². The standard InChI is InChI=1S/C19H27NO3.C17H23NO3.C16H26O3S.C10H20.C9H19N3.C9H19NO2.C9H21N.C9H20O.C7H14O2/c1-5-13(3)12-15(6-2)18(21)20-14(4)17(23-19(20)22)16-10-8-7-9-11-16;1-4-12(2)10-11-15(19)18-13(3)16(21-17(18)20)14-8-6-5-7-9-14;1-5-13(3)11-15(6-2)12-19-20(17,18)16-9-7-14(4)8-10-16;1-5-10(4)8-6-7-9(2)3;1-4-8(3)6-9(5-2)7-11-12-10;1-3-7(2)4-8(6-10)5-9(11)12;2*1-4-8(3)6-9(5-2)7-10;1-3-6(2)4-5-7(8)9/h7-11,13-15,17H,5-6,12H2,1-4H3;5-9,12-13,16H,4,10-11H2,1-3H3;7-10,13,15H,5-6,11-12H2,1-4H3;7,10H,5-6,8H2,1-4H3;8-9H,4-7H2,1-3H3;7-8H,3-6,10H2,1-2H3,(H,11,12);8-9H,4-7,10H2,1-3H3;8-10H,4-7H2,1-3H3;6H,3-5H2,1-2H3,(H,8,9)/t13-,14+,15+,17+;12-,13+,16+;13-,15+;10-;8-,9+;7-,8-;2*8-,9+;6-/m000000000/s1. The first kappa shape index (κ1) is 127. The largest absolute Gasteiger partial charge is 0.481 e. The van der Waals surface area contributed by atoms with Crippen molar-refractivity contribution in [2.24, 2.45) is 105 Å². The van der Waals surface area contributed by atoms with E-state index in [4.69, 9.17) is 46.0 Å². The highest BCUT2D eigenvalue weighted by atomic mass is 32.2. The number of aliphatic hydroxyl groups is 1. The number of cyclic esters (lactones) is 2. The number of hydrogen-bond donors (Lipinski definition) is 5. The summed E-state index contributed by atoms with van der Waals surface area (Å²) in [6.07, 6.45) is 27.7. The maximum Gasteiger partial charge on any atom is 0.417 e. The van der Waals surface area contributed by atoms with Crippen LogP contribution in [0, 0.1) is 95.7 Å². The van der Waals surface area contributed by atoms with E-state index in [1.54, 1.807) is 24.3 Å². The first-order valence-corrected chi connectivity index (χ1v) is 50.7. The van der Waals surface area contributed by atoms with Crippen molar-refractivity contribution in [3.8, 4) is 0 Å². The highest BCUT2D eigenvalue weighted by Crippen LogP contribution is 2.36. The summed E-state index contributed by atoms with van der Waals surface area (Å²) >= 11 is 0. The Bertz CT molecular complexity index is 3400. The van der Waals surface area contributed by atoms with Gasteiger partial charge in [0, 0.05) is 43.2 Å². The second-order valence-corrected chi connectivity index (χ2v) is 38.6. The monoisotopic (exact) mass is 1800 g/mol. The first-order chi connectivity index (χ1) is 60.1. The molecule has 127 heavy (non-hydrogen) atoms. The Kier molecular flexibility index (Phi) is 76.7. The van der Waals surface area contributed by atoms with Crippen molar-refractivity contribution in [2.75, 3.05) is 32.8 Å². The molecule has 2 aliphatic rings. The summed E-state index contributed by atoms with van der Waals surface area (Å²) in [5.74, 6) is 6.54. The van der Waals surface area contributed by atoms with Crippen molar-refractivity contribution >= 4 is 46.1 Å². The van der Waals surface area contributed by atoms with E-state index in [0.29, 0.717) is 79.9 Å². The second-order valence-electron chi connectivity index (χ2n) is 37.0. The minimum Gasteiger partial charge on any atom is -0.481 e. The molecule has 0 saturated carbocycles. The summed E-state index contributed by atoms with van der Waals surface area (Å²) in [5, 5.41) is 29.3. The lowest BCUT2D eigenvalue weighted by Gasteiger charge is -2.25. The van der Waals surface area contributed by atoms with Crippen LogP contribution in [0.25, 0.3) is 10.4 Å². The molecule has 4 amide bonds. The van der Waals surface area contributed by atoms with Gasteiger partial charge >= 0.3 is 24.1 Å². The Hall–Kier alpha value is -6.68. The molecule has 0 aliphatic carbocycles. The van der Waals surface area contributed by atoms with Crippen LogP contribution in [0.5, 0.6) is 0 Å². The predicted molar refractivity (Wildman–Crippen MR) is 530 cm³/mol. The fourth-order valence-corrected chi connectivity index (χ4v) is 14.9. The molecule has 0 spiro atoms. The molecule has 0 unspecified atom stereocenters. The number of carboxylic acids is 2. The number of amides is 4. The lowest BCUT2D eigenvalue weighted by molar-refractivity contribution is -0.138. The quantitative estimate of drug-likeness (QED) is 0.0115. The van der Waals surface area contributed by atoms with E-state index >= 15 is 0 Å². The van der Waals surface area contributed by atoms with Crippen LogP contribution in [0.1, 0.15) is 389 Å². The average molecular weight is 1810 g/mol. The van der Waals surface area contributed by atoms with Crippen LogP contribution < -0.4 is 11.5 Å². The smallest absolute Gasteiger partial charge is 0.417 e. The summed E-state index contributed by atoms with van der Waals surface area (Å²) in [6, 6.07) is 25.4. The van der Waals surface area contributed by atoms with Crippen molar-refractivity contribution < 1.29 is 66.2 Å². The van der Waals surface area contributed by atoms with E-state index in [2.05, 4.69) is 182 Å². The Morgan fingerprint density at radius 2 is 0.858 bits per heavy atom. The minimum atomic E-state index is -3.62. The summed E-state index contributed by atoms with van der Waals surface area (Å²) in [6.45, 7) is 62.5. The molecule has 2 fully saturated rings. The maximum atomic E-state index is 12.9. The van der Waals surface area contributed by atoms with Gasteiger partial charge in [0.15, 0.2) is 0 Å². The molecule has 21 nitrogen and oxygen atoms in total. The minimum absolute atomic E-state index is 0.0938. The van der Waals surface area contributed by atoms with E-state index in [0.717, 1.165) is 143 Å². The van der Waals surface area contributed by atoms with Crippen molar-refractivity contribution in [3.05, 3.63) is 124 Å². The third-order valence-corrected chi connectivity index (χ3v) is 26.9. The van der Waals surface area contributed by atoms with Gasteiger partial charge in [-0.15, -0.1) is 0 Å². The number of aryl methyl sites for hydroxylation is 1. The van der Waals surface area contributed by atoms with Crippen LogP contribution in [0.15, 0.2) is 107 Å². The lowest BCUT2D eigenvalue weighted by Crippen LogP contribution is -2.42. The zero-order chi connectivity index (χ0) is 97.7. The number of allylic oxidation sites excluding steroid dienone is 2. The zero-order valence-corrected chi connectivity index (χ0v) is 86.2. The van der Waals surface area contributed by atoms with Crippen LogP contribution in [0.2, 0.25) is 0 Å². The Balaban J connectivity index is -0.000000686. The summed E-state index contributed by atoms with van der Waals surface area (Å²) < 4.78 is 40.3. The van der Waals surface area contributed by atoms with Gasteiger partial charge in [0.05, 0.1) is 23.6 Å². The summed E-state index contributed by atoms with van der Waals surface area (Å²) in [4.78, 5) is 75.4. The molecule has 22 heteroatoms. The van der Waals surface area contributed by atoms with Gasteiger partial charge in [-0.1, -0.05) is 338 Å². The van der Waals surface area contributed by atoms with Crippen LogP contribution in [0.3, 0.4) is 0 Å². The fourth-order valence-electron chi connectivity index (χ4n) is 14.0. The number of imide groups is 2. The van der Waals surface area contributed by atoms with E-state index in [1.807, 2.05) is 88.4 Å². The number of azide groups is 1. The van der Waals surface area contributed by atoms with Gasteiger partial charge in [0.25, 0.3) is 10.1 Å². The predicted octanol–water partition coefficient (Wildman–Crippen LogP) is 28.4. The molecule has 5 rings (SSSR count). The summed E-state index contributed by atoms with van der Waals surface area (Å²) in [5.41, 5.74) is 23.5. The molecule has 0 aromatic heterocycles. The van der Waals surface area contributed by atoms with Gasteiger partial charge in [0.1, 0.15) is 12.2 Å². The van der Waals surface area contributed by atoms with Crippen LogP contribution in [0.4, 0.5) is 9.59 Å². The normalized spacial score (nSPS) is 17.9. The topological polar surface area (TPSA) is 332 Å². The van der Waals surface area contributed by atoms with Gasteiger partial charge in [0.2, 0.25) is 11.8 Å². The zero-order valence-electron chi connectivity index (χ0n) is 85.4. The number of nitrogens with zero attached hydrogens (tertiary/aromatic N) is 5. The van der Waals surface area contributed by atoms with Crippen molar-refractivity contribution in [2.45, 2.75) is 396 Å². The number of aliphatic carboxylic acids is 2. The Morgan fingerprint density at radius 3 is 1.23 bits per heavy atom. The average Bonchev–Trinajstić information content (AvgIpc) is 1.68. The number of nitrogens with two attached hydrogens (primary N) is 2. The maximum absolute atomic E-state index is 12.9. The summed E-state index contributed by atoms with van der Waals surface area (Å²) in [7, 11) is -3.62. The lowest BCUT2D eigenvalue weighted by atomic mass is 9.90. The molecule has 2 aliphatic heterocycles. The third kappa shape index (κ3) is 60.1. The van der Waals surface area contributed by atoms with E-state index in [-0.39, 0.29) is 65.9 Å². The van der Waals surface area contributed by atoms with Crippen molar-refractivity contribution in [1.82, 2.24) is 9.80 Å². The van der Waals surface area contributed by atoms with E-state index < -0.39 is 34.2 Å². The Labute approximate surface area is 776 Å². The number of ether oxygens (including phenoxy) is 2. The molecule has 3 aromatic rings. The van der Waals surface area contributed by atoms with Crippen LogP contribution >= 0.6 is 0 Å². The molecule has 0 radical (unpaired) electrons. The van der Waals surface area contributed by atoms with E-state index in [9.17, 15) is 37.2 Å². The third-order valence-electron chi connectivity index (χ3n) is 25.6. The number of carbonyl (C=O) groups is 6. The van der Waals surface area contributed by atoms with Gasteiger partial charge < -0.3 is 36.3 Å². The molecule has 19 atom stereocenters. The Morgan fingerprint density at radius 1 is 0.488 bits per heavy atom. The van der Waals surface area contributed by atoms with Crippen LogP contribution in [-0.2, 0) is 43.0 Å². The molecular weight excluding hydrogens is 1620 g/mol. The number of rotatable bonds is 49. The number of carboxylic acid groups (broad SMARTS) is 2. The highest BCUT2D eigenvalue weighted by Gasteiger charge is 2.46. The molecule has 2 heterocycles. The number of hydrogen-bond acceptors (Lipinski definition) is 15. The van der Waals surface area contributed by atoms with Crippen molar-refractivity contribution in [1.29, 1.82) is 0 Å². The SMILES string of the molecule is CC[C@H](C)CCC(=O)N1C(=O)O[C@@H](c2ccccc2)[C@H]1C.CC[C@H](C)CCC(=O)O.CC[C@H](C)CCC=C(C)C.CC[C@H](C)C[C@@H](CC)C(=O)N1C(=O)O[C@@H](c2ccccc2)[C@H]1C.CC[C@H](C)C[C@@H](CC)CN.CC[C@H](C)C[C@@H](CC)CN=[N+]=[N-].CC[C@H](C)C[C@@H](CC)CO.CC[C@H](C)C[C@@H](CC)COS(=O)(=O)c1ccc(C)cc1.CC[C@H](C)C[C@H](CN)CC(=O)O. The molecule has 734 valence electrons. The number of carbonyl (C=O) groups excluding carboxylic acids is 4. The highest BCUT2D eigenvalue weighted by molar-refractivity contribution is 7.86. The first-order valence-electron chi connectivity index (χ1n) is 49.3. The van der Waals surface area contributed by atoms with Crippen molar-refractivity contribution in [3.63, 3.8) is 0 Å². The molecule has 2 saturated heterocycles. The molecular formula is C105H189N7O14S. The van der Waals surface area contributed by atoms with Gasteiger partial charge in [-0.2, -0.15) is 8.42 Å². The van der Waals surface area contributed by atoms with Crippen LogP contribution in [-0.4, -0.2) is 114 Å². The number of benzene rings is 3. The second kappa shape index (κ2) is 77.0. The van der Waals surface area contributed by atoms with Gasteiger partial charge in [-0.3, -0.25) is 23.4 Å². The molecule has 3 aromatic carbocycles. The number of aliphatic hydroxyl groups excluding tert-OH is 1. The molecule has 0 bridgehead atoms. The van der Waals surface area contributed by atoms with Gasteiger partial charge in [-0.25, -0.2) is 19.4 Å². The molecule has 7 N–H and O–H groups in total.